The Balaban J connectivity index is 2.60. The summed E-state index contributed by atoms with van der Waals surface area (Å²) >= 11 is 2.31. The van der Waals surface area contributed by atoms with Gasteiger partial charge in [-0.15, -0.1) is 0 Å². The van der Waals surface area contributed by atoms with Crippen LogP contribution < -0.4 is 5.73 Å². The van der Waals surface area contributed by atoms with Crippen molar-refractivity contribution in [2.24, 2.45) is 16.8 Å². The summed E-state index contributed by atoms with van der Waals surface area (Å²) in [6.45, 7) is 7.10. The first-order valence-corrected chi connectivity index (χ1v) is 7.52. The molecule has 0 fully saturated rings. The van der Waals surface area contributed by atoms with Crippen molar-refractivity contribution in [1.82, 2.24) is 4.90 Å². The van der Waals surface area contributed by atoms with Gasteiger partial charge in [0.2, 0.25) is 0 Å². The molecule has 0 aliphatic heterocycles. The lowest BCUT2D eigenvalue weighted by atomic mass is 10.1. The number of nitrogens with two attached hydrogens (primary N) is 1. The molecule has 106 valence electrons. The number of halogens is 1. The molecule has 0 aliphatic rings. The molecule has 1 rings (SSSR count). The van der Waals surface area contributed by atoms with Crippen molar-refractivity contribution in [3.63, 3.8) is 0 Å². The van der Waals surface area contributed by atoms with Crippen molar-refractivity contribution >= 4 is 28.4 Å². The summed E-state index contributed by atoms with van der Waals surface area (Å²) in [6, 6.07) is 8.54. The number of nitrogens with zero attached hydrogens (tertiary/aromatic N) is 2. The third kappa shape index (κ3) is 6.77. The highest BCUT2D eigenvalue weighted by atomic mass is 127. The fourth-order valence-electron chi connectivity index (χ4n) is 1.92. The van der Waals surface area contributed by atoms with Crippen LogP contribution in [-0.4, -0.2) is 29.0 Å². The summed E-state index contributed by atoms with van der Waals surface area (Å²) in [4.78, 5) is 2.34. The monoisotopic (exact) mass is 375 g/mol. The van der Waals surface area contributed by atoms with Gasteiger partial charge in [-0.25, -0.2) is 0 Å². The van der Waals surface area contributed by atoms with E-state index in [9.17, 15) is 0 Å². The second-order valence-electron chi connectivity index (χ2n) is 5.10. The van der Waals surface area contributed by atoms with E-state index in [-0.39, 0.29) is 5.84 Å². The van der Waals surface area contributed by atoms with E-state index in [4.69, 9.17) is 10.9 Å². The van der Waals surface area contributed by atoms with Gasteiger partial charge in [0.15, 0.2) is 0 Å². The minimum absolute atomic E-state index is 0.288. The first kappa shape index (κ1) is 16.2. The Labute approximate surface area is 128 Å². The Morgan fingerprint density at radius 2 is 2.00 bits per heavy atom. The molecule has 0 aromatic heterocycles. The normalized spacial score (nSPS) is 12.4. The number of hydrogen-bond donors (Lipinski definition) is 2. The van der Waals surface area contributed by atoms with Gasteiger partial charge in [-0.3, -0.25) is 4.90 Å². The van der Waals surface area contributed by atoms with E-state index < -0.39 is 0 Å². The van der Waals surface area contributed by atoms with Crippen LogP contribution in [0.4, 0.5) is 0 Å². The summed E-state index contributed by atoms with van der Waals surface area (Å²) in [7, 11) is 0. The predicted octanol–water partition coefficient (Wildman–Crippen LogP) is 2.89. The van der Waals surface area contributed by atoms with Crippen LogP contribution in [0.25, 0.3) is 0 Å². The zero-order valence-electron chi connectivity index (χ0n) is 11.5. The number of rotatable bonds is 7. The smallest absolute Gasteiger partial charge is 0.140 e. The van der Waals surface area contributed by atoms with Crippen LogP contribution >= 0.6 is 22.6 Å². The quantitative estimate of drug-likeness (QED) is 0.253. The average molecular weight is 375 g/mol. The van der Waals surface area contributed by atoms with Crippen molar-refractivity contribution in [1.29, 1.82) is 0 Å². The van der Waals surface area contributed by atoms with Gasteiger partial charge < -0.3 is 10.9 Å². The largest absolute Gasteiger partial charge is 0.409 e. The molecule has 0 atom stereocenters. The third-order valence-corrected chi connectivity index (χ3v) is 3.47. The molecule has 0 saturated heterocycles. The fraction of sp³-hybridized carbons (Fsp3) is 0.500. The highest BCUT2D eigenvalue weighted by Crippen LogP contribution is 2.11. The van der Waals surface area contributed by atoms with E-state index in [0.717, 1.165) is 19.6 Å². The molecule has 3 N–H and O–H groups in total. The molecule has 4 nitrogen and oxygen atoms in total. The number of oxime groups is 1. The van der Waals surface area contributed by atoms with Crippen LogP contribution in [-0.2, 0) is 6.54 Å². The molecular weight excluding hydrogens is 353 g/mol. The maximum atomic E-state index is 8.59. The summed E-state index contributed by atoms with van der Waals surface area (Å²) in [5.74, 6) is 0.882. The Bertz CT molecular complexity index is 404. The second-order valence-corrected chi connectivity index (χ2v) is 6.34. The predicted molar refractivity (Wildman–Crippen MR) is 87.3 cm³/mol. The Morgan fingerprint density at radius 3 is 2.53 bits per heavy atom. The highest BCUT2D eigenvalue weighted by Gasteiger charge is 2.09. The third-order valence-electron chi connectivity index (χ3n) is 2.76. The summed E-state index contributed by atoms with van der Waals surface area (Å²) < 4.78 is 1.24. The summed E-state index contributed by atoms with van der Waals surface area (Å²) in [5.41, 5.74) is 6.83. The van der Waals surface area contributed by atoms with Crippen LogP contribution in [0.3, 0.4) is 0 Å². The minimum Gasteiger partial charge on any atom is -0.409 e. The van der Waals surface area contributed by atoms with Gasteiger partial charge in [-0.2, -0.15) is 0 Å². The topological polar surface area (TPSA) is 61.8 Å². The van der Waals surface area contributed by atoms with Gasteiger partial charge in [0.05, 0.1) is 0 Å². The Hall–Kier alpha value is -0.820. The molecule has 0 heterocycles. The highest BCUT2D eigenvalue weighted by molar-refractivity contribution is 14.1. The van der Waals surface area contributed by atoms with Crippen molar-refractivity contribution in [3.8, 4) is 0 Å². The number of amidine groups is 1. The van der Waals surface area contributed by atoms with Crippen LogP contribution in [0, 0.1) is 9.49 Å². The lowest BCUT2D eigenvalue weighted by Gasteiger charge is -2.24. The minimum atomic E-state index is 0.288. The SMILES string of the molecule is CC(C)CN(CCC(N)=NO)Cc1ccc(I)cc1. The number of hydrogen-bond acceptors (Lipinski definition) is 3. The maximum absolute atomic E-state index is 8.59. The van der Waals surface area contributed by atoms with E-state index in [1.165, 1.54) is 9.13 Å². The molecule has 19 heavy (non-hydrogen) atoms. The van der Waals surface area contributed by atoms with Crippen LogP contribution in [0.15, 0.2) is 29.4 Å². The average Bonchev–Trinajstić information content (AvgIpc) is 2.37. The molecule has 1 aromatic carbocycles. The van der Waals surface area contributed by atoms with E-state index >= 15 is 0 Å². The summed E-state index contributed by atoms with van der Waals surface area (Å²) in [6.07, 6.45) is 0.591. The van der Waals surface area contributed by atoms with Crippen molar-refractivity contribution in [3.05, 3.63) is 33.4 Å². The molecule has 0 amide bonds. The van der Waals surface area contributed by atoms with E-state index in [0.29, 0.717) is 12.3 Å². The number of benzene rings is 1. The van der Waals surface area contributed by atoms with Crippen molar-refractivity contribution in [2.45, 2.75) is 26.8 Å². The molecule has 5 heteroatoms. The zero-order chi connectivity index (χ0) is 14.3. The molecule has 0 spiro atoms. The zero-order valence-corrected chi connectivity index (χ0v) is 13.7. The maximum Gasteiger partial charge on any atom is 0.140 e. The van der Waals surface area contributed by atoms with Gasteiger partial charge in [-0.05, 0) is 46.2 Å². The molecule has 0 radical (unpaired) electrons. The van der Waals surface area contributed by atoms with Gasteiger partial charge in [0.1, 0.15) is 5.84 Å². The standard InChI is InChI=1S/C14H22IN3O/c1-11(2)9-18(8-7-14(16)17-19)10-12-3-5-13(15)6-4-12/h3-6,11,19H,7-10H2,1-2H3,(H2,16,17). The second kappa shape index (κ2) is 8.37. The van der Waals surface area contributed by atoms with Crippen molar-refractivity contribution in [2.75, 3.05) is 13.1 Å². The molecule has 0 unspecified atom stereocenters. The first-order valence-electron chi connectivity index (χ1n) is 6.44. The van der Waals surface area contributed by atoms with Gasteiger partial charge in [-0.1, -0.05) is 31.1 Å². The van der Waals surface area contributed by atoms with Crippen LogP contribution in [0.1, 0.15) is 25.8 Å². The molecule has 0 aliphatic carbocycles. The first-order chi connectivity index (χ1) is 9.01. The molecule has 0 saturated carbocycles. The van der Waals surface area contributed by atoms with Gasteiger partial charge in [0, 0.05) is 29.6 Å². The Kier molecular flexibility index (Phi) is 7.15. The van der Waals surface area contributed by atoms with Crippen LogP contribution in [0.5, 0.6) is 0 Å². The lowest BCUT2D eigenvalue weighted by molar-refractivity contribution is 0.241. The van der Waals surface area contributed by atoms with Gasteiger partial charge >= 0.3 is 0 Å². The Morgan fingerprint density at radius 1 is 1.37 bits per heavy atom. The van der Waals surface area contributed by atoms with Crippen LogP contribution in [0.2, 0.25) is 0 Å². The van der Waals surface area contributed by atoms with E-state index in [1.54, 1.807) is 0 Å². The molecular formula is C14H22IN3O. The van der Waals surface area contributed by atoms with E-state index in [2.05, 4.69) is 70.8 Å². The fourth-order valence-corrected chi connectivity index (χ4v) is 2.28. The van der Waals surface area contributed by atoms with Crippen molar-refractivity contribution < 1.29 is 5.21 Å². The molecule has 0 bridgehead atoms. The lowest BCUT2D eigenvalue weighted by Crippen LogP contribution is -2.31. The van der Waals surface area contributed by atoms with Gasteiger partial charge in [0.25, 0.3) is 0 Å². The summed E-state index contributed by atoms with van der Waals surface area (Å²) in [5, 5.41) is 11.6. The van der Waals surface area contributed by atoms with E-state index in [1.807, 2.05) is 0 Å². The molecule has 1 aromatic rings.